The number of hydrogen-bond donors (Lipinski definition) is 3. The largest absolute Gasteiger partial charge is 0.372 e. The second kappa shape index (κ2) is 4.57. The van der Waals surface area contributed by atoms with E-state index in [2.05, 4.69) is 22.7 Å². The van der Waals surface area contributed by atoms with Gasteiger partial charge in [-0.3, -0.25) is 0 Å². The Bertz CT molecular complexity index is 333. The number of aryl methyl sites for hydroxylation is 1. The predicted octanol–water partition coefficient (Wildman–Crippen LogP) is -0.757. The van der Waals surface area contributed by atoms with E-state index in [1.54, 1.807) is 6.21 Å². The van der Waals surface area contributed by atoms with Crippen molar-refractivity contribution in [2.75, 3.05) is 0 Å². The summed E-state index contributed by atoms with van der Waals surface area (Å²) >= 11 is 4.62. The highest BCUT2D eigenvalue weighted by molar-refractivity contribution is 7.80. The number of benzene rings is 1. The van der Waals surface area contributed by atoms with Gasteiger partial charge in [0.05, 0.1) is 0 Å². The highest BCUT2D eigenvalue weighted by Crippen LogP contribution is 1.99. The fourth-order valence-corrected chi connectivity index (χ4v) is 1.01. The van der Waals surface area contributed by atoms with E-state index in [9.17, 15) is 0 Å². The third-order valence-electron chi connectivity index (χ3n) is 1.48. The van der Waals surface area contributed by atoms with E-state index in [1.807, 2.05) is 31.2 Å². The lowest BCUT2D eigenvalue weighted by Gasteiger charge is -1.91. The maximum absolute atomic E-state index is 5.22. The second-order valence-corrected chi connectivity index (χ2v) is 3.13. The fourth-order valence-electron chi connectivity index (χ4n) is 0.950. The molecule has 4 N–H and O–H groups in total. The monoisotopic (exact) mass is 194 g/mol. The van der Waals surface area contributed by atoms with E-state index < -0.39 is 0 Å². The van der Waals surface area contributed by atoms with E-state index in [4.69, 9.17) is 5.73 Å². The van der Waals surface area contributed by atoms with E-state index >= 15 is 0 Å². The van der Waals surface area contributed by atoms with Gasteiger partial charge in [0, 0.05) is 5.56 Å². The molecule has 1 aromatic rings. The summed E-state index contributed by atoms with van der Waals surface area (Å²) in [4.78, 5) is 0. The van der Waals surface area contributed by atoms with E-state index in [0.29, 0.717) is 0 Å². The van der Waals surface area contributed by atoms with Crippen LogP contribution < -0.4 is 16.3 Å². The Morgan fingerprint density at radius 1 is 1.62 bits per heavy atom. The van der Waals surface area contributed by atoms with Crippen LogP contribution in [0.4, 0.5) is 0 Å². The van der Waals surface area contributed by atoms with Crippen molar-refractivity contribution in [1.29, 1.82) is 0 Å². The average molecular weight is 194 g/mol. The van der Waals surface area contributed by atoms with Crippen LogP contribution in [0.3, 0.4) is 0 Å². The van der Waals surface area contributed by atoms with E-state index in [1.165, 1.54) is 5.56 Å². The van der Waals surface area contributed by atoms with Crippen molar-refractivity contribution in [3.05, 3.63) is 35.4 Å². The zero-order chi connectivity index (χ0) is 9.68. The molecule has 0 aliphatic rings. The molecule has 0 unspecified atom stereocenters. The van der Waals surface area contributed by atoms with Gasteiger partial charge in [-0.25, -0.2) is 0 Å². The third-order valence-corrected chi connectivity index (χ3v) is 1.58. The third kappa shape index (κ3) is 3.66. The zero-order valence-electron chi connectivity index (χ0n) is 7.37. The lowest BCUT2D eigenvalue weighted by molar-refractivity contribution is -0.499. The molecule has 0 aromatic heterocycles. The smallest absolute Gasteiger partial charge is 0.221 e. The first-order valence-electron chi connectivity index (χ1n) is 3.89. The van der Waals surface area contributed by atoms with Crippen LogP contribution in [0.1, 0.15) is 11.1 Å². The molecule has 0 atom stereocenters. The number of thiocarbonyl (C=S) groups is 1. The van der Waals surface area contributed by atoms with E-state index in [-0.39, 0.29) is 5.11 Å². The molecule has 0 bridgehead atoms. The van der Waals surface area contributed by atoms with Crippen LogP contribution in [0.15, 0.2) is 24.3 Å². The summed E-state index contributed by atoms with van der Waals surface area (Å²) in [5.74, 6) is 0. The van der Waals surface area contributed by atoms with Crippen LogP contribution >= 0.6 is 12.2 Å². The number of hydrazine groups is 1. The lowest BCUT2D eigenvalue weighted by atomic mass is 10.2. The van der Waals surface area contributed by atoms with Crippen molar-refractivity contribution in [2.24, 2.45) is 5.73 Å². The molecular formula is C9H12N3S+. The van der Waals surface area contributed by atoms with Gasteiger partial charge in [-0.1, -0.05) is 17.7 Å². The van der Waals surface area contributed by atoms with Crippen LogP contribution in [0.2, 0.25) is 0 Å². The minimum absolute atomic E-state index is 0.226. The molecule has 0 spiro atoms. The van der Waals surface area contributed by atoms with Crippen molar-refractivity contribution >= 4 is 23.5 Å². The normalized spacial score (nSPS) is 10.2. The minimum atomic E-state index is 0.226. The maximum atomic E-state index is 5.22. The van der Waals surface area contributed by atoms with Crippen molar-refractivity contribution in [2.45, 2.75) is 6.92 Å². The molecule has 0 aliphatic heterocycles. The molecule has 3 nitrogen and oxygen atoms in total. The van der Waals surface area contributed by atoms with Crippen LogP contribution in [0, 0.1) is 6.92 Å². The molecule has 0 amide bonds. The molecule has 0 fully saturated rings. The molecule has 13 heavy (non-hydrogen) atoms. The highest BCUT2D eigenvalue weighted by Gasteiger charge is 1.91. The van der Waals surface area contributed by atoms with Gasteiger partial charge >= 0.3 is 0 Å². The van der Waals surface area contributed by atoms with Crippen LogP contribution in [-0.4, -0.2) is 11.3 Å². The number of nitrogens with one attached hydrogen (secondary N) is 2. The van der Waals surface area contributed by atoms with Gasteiger partial charge in [0.25, 0.3) is 0 Å². The number of nitrogens with two attached hydrogens (primary N) is 1. The topological polar surface area (TPSA) is 52.0 Å². The van der Waals surface area contributed by atoms with Gasteiger partial charge in [0.1, 0.15) is 0 Å². The Labute approximate surface area is 82.6 Å². The first-order valence-corrected chi connectivity index (χ1v) is 4.30. The van der Waals surface area contributed by atoms with Gasteiger partial charge in [0.15, 0.2) is 6.21 Å². The van der Waals surface area contributed by atoms with Gasteiger partial charge in [-0.15, -0.1) is 10.5 Å². The summed E-state index contributed by atoms with van der Waals surface area (Å²) in [6.45, 7) is 2.04. The summed E-state index contributed by atoms with van der Waals surface area (Å²) in [6, 6.07) is 8.07. The summed E-state index contributed by atoms with van der Waals surface area (Å²) < 4.78 is 0. The first-order chi connectivity index (χ1) is 6.18. The Kier molecular flexibility index (Phi) is 3.40. The molecule has 0 heterocycles. The molecule has 4 heteroatoms. The average Bonchev–Trinajstić information content (AvgIpc) is 2.03. The van der Waals surface area contributed by atoms with Gasteiger partial charge in [0.2, 0.25) is 5.11 Å². The number of hydrazone groups is 1. The van der Waals surface area contributed by atoms with Crippen LogP contribution in [0.5, 0.6) is 0 Å². The summed E-state index contributed by atoms with van der Waals surface area (Å²) in [7, 11) is 0. The lowest BCUT2D eigenvalue weighted by Crippen LogP contribution is -2.82. The Morgan fingerprint density at radius 3 is 3.00 bits per heavy atom. The van der Waals surface area contributed by atoms with Crippen molar-refractivity contribution < 1.29 is 5.10 Å². The molecule has 0 saturated carbocycles. The standard InChI is InChI=1S/C9H11N3S/c1-7-3-2-4-8(5-7)6-11-12-9(10)13/h2-6H,1H3,(H3,10,12,13)/p+1. The maximum Gasteiger partial charge on any atom is 0.221 e. The van der Waals surface area contributed by atoms with Crippen LogP contribution in [-0.2, 0) is 0 Å². The molecule has 1 aromatic carbocycles. The van der Waals surface area contributed by atoms with Gasteiger partial charge in [-0.2, -0.15) is 0 Å². The first kappa shape index (κ1) is 9.67. The van der Waals surface area contributed by atoms with Gasteiger partial charge < -0.3 is 5.73 Å². The molecule has 0 radical (unpaired) electrons. The molecular weight excluding hydrogens is 182 g/mol. The van der Waals surface area contributed by atoms with Gasteiger partial charge in [-0.05, 0) is 31.3 Å². The number of hydrogen-bond acceptors (Lipinski definition) is 1. The zero-order valence-corrected chi connectivity index (χ0v) is 8.19. The fraction of sp³-hybridized carbons (Fsp3) is 0.111. The summed E-state index contributed by atoms with van der Waals surface area (Å²) in [6.07, 6.45) is 1.80. The molecule has 1 rings (SSSR count). The molecule has 68 valence electrons. The minimum Gasteiger partial charge on any atom is -0.372 e. The Balaban J connectivity index is 2.63. The van der Waals surface area contributed by atoms with Crippen LogP contribution in [0.25, 0.3) is 0 Å². The Morgan fingerprint density at radius 2 is 2.38 bits per heavy atom. The van der Waals surface area contributed by atoms with Crippen molar-refractivity contribution in [3.8, 4) is 0 Å². The second-order valence-electron chi connectivity index (χ2n) is 2.69. The highest BCUT2D eigenvalue weighted by atomic mass is 32.1. The molecule has 0 aliphatic carbocycles. The Hall–Kier alpha value is -1.42. The number of rotatable bonds is 2. The SMILES string of the molecule is Cc1cccc(C=[NH+]NC(N)=S)c1. The summed E-state index contributed by atoms with van der Waals surface area (Å²) in [5.41, 5.74) is 10.1. The quantitative estimate of drug-likeness (QED) is 0.330. The summed E-state index contributed by atoms with van der Waals surface area (Å²) in [5, 5.41) is 3.01. The predicted molar refractivity (Wildman–Crippen MR) is 57.2 cm³/mol. The van der Waals surface area contributed by atoms with E-state index in [0.717, 1.165) is 5.56 Å². The molecule has 0 saturated heterocycles. The van der Waals surface area contributed by atoms with Crippen molar-refractivity contribution in [1.82, 2.24) is 5.43 Å². The van der Waals surface area contributed by atoms with Crippen molar-refractivity contribution in [3.63, 3.8) is 0 Å².